The summed E-state index contributed by atoms with van der Waals surface area (Å²) in [6.07, 6.45) is 1.31. The van der Waals surface area contributed by atoms with Crippen molar-refractivity contribution in [1.82, 2.24) is 14.3 Å². The fraction of sp³-hybridized carbons (Fsp3) is 0.182. The van der Waals surface area contributed by atoms with Gasteiger partial charge in [-0.3, -0.25) is 4.57 Å². The Balaban J connectivity index is 2.39. The molecule has 0 amide bonds. The molecule has 2 aromatic rings. The number of nitrogens with zero attached hydrogens (tertiary/aromatic N) is 3. The summed E-state index contributed by atoms with van der Waals surface area (Å²) < 4.78 is 15.8. The van der Waals surface area contributed by atoms with Crippen molar-refractivity contribution in [1.29, 1.82) is 0 Å². The Bertz CT molecular complexity index is 660. The van der Waals surface area contributed by atoms with Crippen LogP contribution in [-0.2, 0) is 13.6 Å². The number of rotatable bonds is 3. The van der Waals surface area contributed by atoms with Gasteiger partial charge >= 0.3 is 11.7 Å². The van der Waals surface area contributed by atoms with Gasteiger partial charge in [-0.15, -0.1) is 0 Å². The van der Waals surface area contributed by atoms with Crippen molar-refractivity contribution < 1.29 is 14.3 Å². The minimum absolute atomic E-state index is 0.0321. The minimum Gasteiger partial charge on any atom is -0.478 e. The van der Waals surface area contributed by atoms with Crippen molar-refractivity contribution in [3.8, 4) is 0 Å². The molecule has 1 aromatic carbocycles. The van der Waals surface area contributed by atoms with E-state index in [1.54, 1.807) is 0 Å². The average molecular weight is 251 g/mol. The van der Waals surface area contributed by atoms with E-state index in [0.29, 0.717) is 0 Å². The molecular formula is C11H10FN3O3. The van der Waals surface area contributed by atoms with Crippen molar-refractivity contribution in [2.45, 2.75) is 6.54 Å². The van der Waals surface area contributed by atoms with Gasteiger partial charge in [-0.05, 0) is 18.2 Å². The molecule has 0 aliphatic heterocycles. The number of carboxylic acid groups (broad SMARTS) is 1. The van der Waals surface area contributed by atoms with Crippen molar-refractivity contribution in [2.75, 3.05) is 0 Å². The Kier molecular flexibility index (Phi) is 2.97. The molecule has 0 bridgehead atoms. The molecule has 0 aliphatic carbocycles. The van der Waals surface area contributed by atoms with Crippen LogP contribution in [-0.4, -0.2) is 25.4 Å². The van der Waals surface area contributed by atoms with E-state index < -0.39 is 17.5 Å². The van der Waals surface area contributed by atoms with Gasteiger partial charge in [0, 0.05) is 12.6 Å². The lowest BCUT2D eigenvalue weighted by atomic mass is 10.1. The third-order valence-electron chi connectivity index (χ3n) is 2.50. The zero-order chi connectivity index (χ0) is 13.3. The smallest absolute Gasteiger partial charge is 0.345 e. The molecule has 7 heteroatoms. The molecule has 0 spiro atoms. The first-order valence-corrected chi connectivity index (χ1v) is 5.09. The van der Waals surface area contributed by atoms with E-state index in [2.05, 4.69) is 5.10 Å². The summed E-state index contributed by atoms with van der Waals surface area (Å²) in [6.45, 7) is -0.105. The molecule has 1 N–H and O–H groups in total. The zero-order valence-corrected chi connectivity index (χ0v) is 9.50. The molecule has 0 fully saturated rings. The molecule has 0 saturated carbocycles. The van der Waals surface area contributed by atoms with Crippen molar-refractivity contribution >= 4 is 5.97 Å². The standard InChI is InChI=1S/C11H10FN3O3/c1-14-6-13-15(11(14)18)5-8-4-7(10(16)17)2-3-9(8)12/h2-4,6H,5H2,1H3,(H,16,17). The maximum absolute atomic E-state index is 13.5. The Morgan fingerprint density at radius 3 is 2.78 bits per heavy atom. The Labute approximate surface area is 101 Å². The number of aromatic carboxylic acids is 1. The van der Waals surface area contributed by atoms with Crippen LogP contribution in [0.5, 0.6) is 0 Å². The molecule has 18 heavy (non-hydrogen) atoms. The lowest BCUT2D eigenvalue weighted by Gasteiger charge is -2.04. The van der Waals surface area contributed by atoms with Gasteiger partial charge in [-0.1, -0.05) is 0 Å². The van der Waals surface area contributed by atoms with Gasteiger partial charge in [-0.25, -0.2) is 18.7 Å². The summed E-state index contributed by atoms with van der Waals surface area (Å²) in [4.78, 5) is 22.3. The van der Waals surface area contributed by atoms with Crippen LogP contribution in [0.15, 0.2) is 29.3 Å². The van der Waals surface area contributed by atoms with Gasteiger partial charge in [0.05, 0.1) is 12.1 Å². The topological polar surface area (TPSA) is 77.1 Å². The number of aryl methyl sites for hydroxylation is 1. The largest absolute Gasteiger partial charge is 0.478 e. The highest BCUT2D eigenvalue weighted by molar-refractivity contribution is 5.87. The monoisotopic (exact) mass is 251 g/mol. The predicted octanol–water partition coefficient (Wildman–Crippen LogP) is 0.467. The molecule has 1 heterocycles. The lowest BCUT2D eigenvalue weighted by Crippen LogP contribution is -2.24. The van der Waals surface area contributed by atoms with Crippen LogP contribution >= 0.6 is 0 Å². The third kappa shape index (κ3) is 2.15. The quantitative estimate of drug-likeness (QED) is 0.860. The fourth-order valence-corrected chi connectivity index (χ4v) is 1.52. The highest BCUT2D eigenvalue weighted by Crippen LogP contribution is 2.11. The van der Waals surface area contributed by atoms with Crippen LogP contribution in [0.4, 0.5) is 4.39 Å². The van der Waals surface area contributed by atoms with Gasteiger partial charge in [0.2, 0.25) is 0 Å². The minimum atomic E-state index is -1.15. The Morgan fingerprint density at radius 1 is 1.50 bits per heavy atom. The molecule has 94 valence electrons. The second-order valence-corrected chi connectivity index (χ2v) is 3.79. The Hall–Kier alpha value is -2.44. The summed E-state index contributed by atoms with van der Waals surface area (Å²) in [5, 5.41) is 12.6. The first kappa shape index (κ1) is 12.0. The van der Waals surface area contributed by atoms with Crippen LogP contribution in [0, 0.1) is 5.82 Å². The highest BCUT2D eigenvalue weighted by atomic mass is 19.1. The molecule has 0 radical (unpaired) electrons. The predicted molar refractivity (Wildman–Crippen MR) is 59.9 cm³/mol. The highest BCUT2D eigenvalue weighted by Gasteiger charge is 2.11. The SMILES string of the molecule is Cn1cnn(Cc2cc(C(=O)O)ccc2F)c1=O. The van der Waals surface area contributed by atoms with E-state index in [4.69, 9.17) is 5.11 Å². The van der Waals surface area contributed by atoms with Crippen molar-refractivity contribution in [2.24, 2.45) is 7.05 Å². The molecule has 0 atom stereocenters. The second-order valence-electron chi connectivity index (χ2n) is 3.79. The Morgan fingerprint density at radius 2 is 2.22 bits per heavy atom. The van der Waals surface area contributed by atoms with Crippen molar-refractivity contribution in [3.63, 3.8) is 0 Å². The molecule has 2 rings (SSSR count). The molecular weight excluding hydrogens is 241 g/mol. The zero-order valence-electron chi connectivity index (χ0n) is 9.50. The summed E-state index contributed by atoms with van der Waals surface area (Å²) in [5.74, 6) is -1.72. The number of carbonyl (C=O) groups is 1. The molecule has 0 aliphatic rings. The summed E-state index contributed by atoms with van der Waals surface area (Å²) in [5.41, 5.74) is -0.318. The number of aromatic nitrogens is 3. The number of hydrogen-bond acceptors (Lipinski definition) is 3. The number of hydrogen-bond donors (Lipinski definition) is 1. The fourth-order valence-electron chi connectivity index (χ4n) is 1.52. The van der Waals surface area contributed by atoms with Crippen LogP contribution in [0.2, 0.25) is 0 Å². The second kappa shape index (κ2) is 4.44. The van der Waals surface area contributed by atoms with Crippen LogP contribution < -0.4 is 5.69 Å². The molecule has 0 saturated heterocycles. The maximum Gasteiger partial charge on any atom is 0.345 e. The number of carboxylic acids is 1. The van der Waals surface area contributed by atoms with E-state index >= 15 is 0 Å². The molecule has 1 aromatic heterocycles. The van der Waals surface area contributed by atoms with E-state index in [1.807, 2.05) is 0 Å². The summed E-state index contributed by atoms with van der Waals surface area (Å²) >= 11 is 0. The maximum atomic E-state index is 13.5. The molecule has 6 nitrogen and oxygen atoms in total. The summed E-state index contributed by atoms with van der Waals surface area (Å²) in [6, 6.07) is 3.42. The van der Waals surface area contributed by atoms with E-state index in [9.17, 15) is 14.0 Å². The van der Waals surface area contributed by atoms with Crippen LogP contribution in [0.3, 0.4) is 0 Å². The first-order chi connectivity index (χ1) is 8.49. The van der Waals surface area contributed by atoms with Gasteiger partial charge in [0.15, 0.2) is 0 Å². The summed E-state index contributed by atoms with van der Waals surface area (Å²) in [7, 11) is 1.52. The van der Waals surface area contributed by atoms with Crippen molar-refractivity contribution in [3.05, 3.63) is 52.0 Å². The van der Waals surface area contributed by atoms with Gasteiger partial charge in [0.1, 0.15) is 12.1 Å². The first-order valence-electron chi connectivity index (χ1n) is 5.09. The van der Waals surface area contributed by atoms with E-state index in [1.165, 1.54) is 30.1 Å². The average Bonchev–Trinajstić information content (AvgIpc) is 2.63. The van der Waals surface area contributed by atoms with E-state index in [0.717, 1.165) is 10.7 Å². The van der Waals surface area contributed by atoms with Gasteiger partial charge < -0.3 is 5.11 Å². The van der Waals surface area contributed by atoms with Crippen LogP contribution in [0.1, 0.15) is 15.9 Å². The normalized spacial score (nSPS) is 10.6. The van der Waals surface area contributed by atoms with Gasteiger partial charge in [-0.2, -0.15) is 5.10 Å². The third-order valence-corrected chi connectivity index (χ3v) is 2.50. The lowest BCUT2D eigenvalue weighted by molar-refractivity contribution is 0.0696. The van der Waals surface area contributed by atoms with Gasteiger partial charge in [0.25, 0.3) is 0 Å². The number of halogens is 1. The number of benzene rings is 1. The molecule has 0 unspecified atom stereocenters. The van der Waals surface area contributed by atoms with Crippen LogP contribution in [0.25, 0.3) is 0 Å². The van der Waals surface area contributed by atoms with E-state index in [-0.39, 0.29) is 17.7 Å².